The molecule has 1 aromatic carbocycles. The summed E-state index contributed by atoms with van der Waals surface area (Å²) in [7, 11) is 3.55. The normalized spacial score (nSPS) is 9.56. The summed E-state index contributed by atoms with van der Waals surface area (Å²) in [6.07, 6.45) is 0.713. The van der Waals surface area contributed by atoms with E-state index in [-0.39, 0.29) is 0 Å². The molecule has 0 amide bonds. The van der Waals surface area contributed by atoms with Crippen LogP contribution in [0.15, 0.2) is 16.6 Å². The molecule has 0 bridgehead atoms. The van der Waals surface area contributed by atoms with Crippen LogP contribution in [0.3, 0.4) is 0 Å². The maximum atomic E-state index is 5.70. The van der Waals surface area contributed by atoms with Gasteiger partial charge in [0.25, 0.3) is 0 Å². The number of methoxy groups -OCH3 is 1. The minimum atomic E-state index is 0.557. The van der Waals surface area contributed by atoms with E-state index in [0.717, 1.165) is 28.1 Å². The quantitative estimate of drug-likeness (QED) is 0.647. The molecular formula is C14H18BrNO2. The van der Waals surface area contributed by atoms with E-state index in [1.807, 2.05) is 26.1 Å². The van der Waals surface area contributed by atoms with E-state index in [0.29, 0.717) is 13.0 Å². The van der Waals surface area contributed by atoms with Gasteiger partial charge >= 0.3 is 0 Å². The molecule has 3 nitrogen and oxygen atoms in total. The second kappa shape index (κ2) is 8.02. The summed E-state index contributed by atoms with van der Waals surface area (Å²) in [5, 5.41) is 3.11. The van der Waals surface area contributed by atoms with Crippen molar-refractivity contribution in [3.63, 3.8) is 0 Å². The van der Waals surface area contributed by atoms with Gasteiger partial charge in [-0.05, 0) is 47.6 Å². The summed E-state index contributed by atoms with van der Waals surface area (Å²) in [5.74, 6) is 7.27. The van der Waals surface area contributed by atoms with Crippen LogP contribution in [0, 0.1) is 11.8 Å². The zero-order valence-electron chi connectivity index (χ0n) is 11.0. The highest BCUT2D eigenvalue weighted by molar-refractivity contribution is 9.10. The summed E-state index contributed by atoms with van der Waals surface area (Å²) < 4.78 is 12.0. The maximum absolute atomic E-state index is 5.70. The Morgan fingerprint density at radius 3 is 2.78 bits per heavy atom. The average molecular weight is 312 g/mol. The Kier molecular flexibility index (Phi) is 6.63. The third kappa shape index (κ3) is 4.25. The van der Waals surface area contributed by atoms with Crippen molar-refractivity contribution in [1.29, 1.82) is 0 Å². The van der Waals surface area contributed by atoms with Gasteiger partial charge in [0, 0.05) is 13.0 Å². The predicted molar refractivity (Wildman–Crippen MR) is 77.0 cm³/mol. The molecule has 0 saturated heterocycles. The molecule has 4 heteroatoms. The molecule has 98 valence electrons. The third-order valence-corrected chi connectivity index (χ3v) is 2.91. The number of nitrogens with one attached hydrogen (secondary N) is 1. The van der Waals surface area contributed by atoms with E-state index in [1.165, 1.54) is 0 Å². The minimum absolute atomic E-state index is 0.557. The number of hydrogen-bond donors (Lipinski definition) is 1. The van der Waals surface area contributed by atoms with Crippen LogP contribution >= 0.6 is 15.9 Å². The Morgan fingerprint density at radius 1 is 1.39 bits per heavy atom. The van der Waals surface area contributed by atoms with E-state index in [4.69, 9.17) is 9.47 Å². The predicted octanol–water partition coefficient (Wildman–Crippen LogP) is 2.97. The number of ether oxygens (including phenoxy) is 2. The Morgan fingerprint density at radius 2 is 2.17 bits per heavy atom. The van der Waals surface area contributed by atoms with E-state index >= 15 is 0 Å². The van der Waals surface area contributed by atoms with Gasteiger partial charge in [0.15, 0.2) is 11.5 Å². The third-order valence-electron chi connectivity index (χ3n) is 2.32. The zero-order valence-corrected chi connectivity index (χ0v) is 12.6. The molecule has 18 heavy (non-hydrogen) atoms. The van der Waals surface area contributed by atoms with E-state index in [1.54, 1.807) is 7.11 Å². The maximum Gasteiger partial charge on any atom is 0.175 e. The highest BCUT2D eigenvalue weighted by Crippen LogP contribution is 2.36. The Bertz CT molecular complexity index is 449. The van der Waals surface area contributed by atoms with Crippen LogP contribution in [0.2, 0.25) is 0 Å². The topological polar surface area (TPSA) is 30.5 Å². The van der Waals surface area contributed by atoms with Crippen LogP contribution in [0.25, 0.3) is 0 Å². The van der Waals surface area contributed by atoms with Crippen molar-refractivity contribution in [3.05, 3.63) is 22.2 Å². The van der Waals surface area contributed by atoms with Gasteiger partial charge in [-0.2, -0.15) is 0 Å². The number of rotatable bonds is 6. The van der Waals surface area contributed by atoms with Crippen LogP contribution in [0.5, 0.6) is 11.5 Å². The highest BCUT2D eigenvalue weighted by Gasteiger charge is 2.11. The molecule has 0 saturated carbocycles. The Hall–Kier alpha value is -1.18. The molecule has 0 unspecified atom stereocenters. The summed E-state index contributed by atoms with van der Waals surface area (Å²) in [6.45, 7) is 3.17. The van der Waals surface area contributed by atoms with Gasteiger partial charge in [0.2, 0.25) is 0 Å². The summed E-state index contributed by atoms with van der Waals surface area (Å²) in [4.78, 5) is 0. The molecule has 0 aliphatic rings. The molecule has 0 fully saturated rings. The number of hydrogen-bond acceptors (Lipinski definition) is 3. The molecule has 0 heterocycles. The smallest absolute Gasteiger partial charge is 0.175 e. The zero-order chi connectivity index (χ0) is 13.4. The lowest BCUT2D eigenvalue weighted by molar-refractivity contribution is 0.299. The van der Waals surface area contributed by atoms with E-state index in [2.05, 4.69) is 33.1 Å². The fourth-order valence-corrected chi connectivity index (χ4v) is 2.15. The first-order valence-electron chi connectivity index (χ1n) is 5.76. The van der Waals surface area contributed by atoms with Crippen molar-refractivity contribution >= 4 is 15.9 Å². The number of benzene rings is 1. The fraction of sp³-hybridized carbons (Fsp3) is 0.429. The van der Waals surface area contributed by atoms with Gasteiger partial charge in [-0.1, -0.05) is 0 Å². The lowest BCUT2D eigenvalue weighted by atomic mass is 10.2. The van der Waals surface area contributed by atoms with E-state index < -0.39 is 0 Å². The van der Waals surface area contributed by atoms with Crippen molar-refractivity contribution in [3.8, 4) is 23.3 Å². The van der Waals surface area contributed by atoms with Crippen LogP contribution in [0.1, 0.15) is 18.9 Å². The lowest BCUT2D eigenvalue weighted by Crippen LogP contribution is -2.06. The van der Waals surface area contributed by atoms with Crippen molar-refractivity contribution in [2.45, 2.75) is 19.9 Å². The lowest BCUT2D eigenvalue weighted by Gasteiger charge is -2.13. The van der Waals surface area contributed by atoms with Gasteiger partial charge in [-0.15, -0.1) is 11.8 Å². The van der Waals surface area contributed by atoms with Gasteiger partial charge < -0.3 is 14.8 Å². The fourth-order valence-electron chi connectivity index (χ4n) is 1.55. The van der Waals surface area contributed by atoms with Crippen molar-refractivity contribution in [1.82, 2.24) is 5.32 Å². The van der Waals surface area contributed by atoms with Gasteiger partial charge in [0.1, 0.15) is 0 Å². The Balaban J connectivity index is 2.84. The molecular weight excluding hydrogens is 294 g/mol. The molecule has 0 atom stereocenters. The Labute approximate surface area is 117 Å². The van der Waals surface area contributed by atoms with Crippen LogP contribution in [-0.4, -0.2) is 20.8 Å². The first kappa shape index (κ1) is 14.9. The molecule has 0 aliphatic carbocycles. The molecule has 0 spiro atoms. The van der Waals surface area contributed by atoms with Crippen molar-refractivity contribution in [2.75, 3.05) is 20.8 Å². The number of halogens is 1. The largest absolute Gasteiger partial charge is 0.493 e. The second-order valence-electron chi connectivity index (χ2n) is 3.66. The molecule has 1 rings (SSSR count). The molecule has 0 aliphatic heterocycles. The second-order valence-corrected chi connectivity index (χ2v) is 4.52. The SMILES string of the molecule is CC#CCCOc1c(Br)cc(CNC)cc1OC. The van der Waals surface area contributed by atoms with Gasteiger partial charge in [0.05, 0.1) is 18.2 Å². The molecule has 1 aromatic rings. The average Bonchev–Trinajstić information content (AvgIpc) is 2.36. The van der Waals surface area contributed by atoms with Crippen LogP contribution < -0.4 is 14.8 Å². The molecule has 0 aromatic heterocycles. The first-order chi connectivity index (χ1) is 8.72. The summed E-state index contributed by atoms with van der Waals surface area (Å²) >= 11 is 3.51. The first-order valence-corrected chi connectivity index (χ1v) is 6.55. The highest BCUT2D eigenvalue weighted by atomic mass is 79.9. The summed E-state index contributed by atoms with van der Waals surface area (Å²) in [6, 6.07) is 4.00. The van der Waals surface area contributed by atoms with Crippen LogP contribution in [0.4, 0.5) is 0 Å². The standard InChI is InChI=1S/C14H18BrNO2/c1-4-5-6-7-18-14-12(15)8-11(10-16-2)9-13(14)17-3/h8-9,16H,6-7,10H2,1-3H3. The van der Waals surface area contributed by atoms with Crippen molar-refractivity contribution in [2.24, 2.45) is 0 Å². The monoisotopic (exact) mass is 311 g/mol. The summed E-state index contributed by atoms with van der Waals surface area (Å²) in [5.41, 5.74) is 1.14. The molecule has 0 radical (unpaired) electrons. The van der Waals surface area contributed by atoms with Crippen molar-refractivity contribution < 1.29 is 9.47 Å². The van der Waals surface area contributed by atoms with E-state index in [9.17, 15) is 0 Å². The minimum Gasteiger partial charge on any atom is -0.493 e. The van der Waals surface area contributed by atoms with Crippen LogP contribution in [-0.2, 0) is 6.54 Å². The molecule has 1 N–H and O–H groups in total. The van der Waals surface area contributed by atoms with Gasteiger partial charge in [-0.25, -0.2) is 0 Å². The van der Waals surface area contributed by atoms with Gasteiger partial charge in [-0.3, -0.25) is 0 Å².